The van der Waals surface area contributed by atoms with Crippen LogP contribution < -0.4 is 5.32 Å². The third-order valence-corrected chi connectivity index (χ3v) is 4.27. The first-order chi connectivity index (χ1) is 13.7. The highest BCUT2D eigenvalue weighted by Crippen LogP contribution is 2.28. The number of esters is 2. The molecule has 1 amide bonds. The van der Waals surface area contributed by atoms with E-state index >= 15 is 0 Å². The summed E-state index contributed by atoms with van der Waals surface area (Å²) in [5.74, 6) is -1.48. The Morgan fingerprint density at radius 1 is 1.10 bits per heavy atom. The summed E-state index contributed by atoms with van der Waals surface area (Å²) >= 11 is 0. The maximum absolute atomic E-state index is 12.5. The van der Waals surface area contributed by atoms with E-state index in [0.29, 0.717) is 0 Å². The Balaban J connectivity index is 3.15. The fourth-order valence-electron chi connectivity index (χ4n) is 2.57. The van der Waals surface area contributed by atoms with E-state index in [0.717, 1.165) is 0 Å². The molecule has 0 aromatic carbocycles. The van der Waals surface area contributed by atoms with Gasteiger partial charge in [-0.1, -0.05) is 6.08 Å². The van der Waals surface area contributed by atoms with Gasteiger partial charge in [-0.3, -0.25) is 14.4 Å². The molecular formula is C21H35NO8. The second-order valence-corrected chi connectivity index (χ2v) is 9.35. The van der Waals surface area contributed by atoms with Crippen molar-refractivity contribution in [2.24, 2.45) is 10.8 Å². The number of ether oxygens (including phenoxy) is 4. The molecule has 9 heteroatoms. The highest BCUT2D eigenvalue weighted by Gasteiger charge is 2.49. The molecule has 1 rings (SSSR count). The molecule has 1 heterocycles. The van der Waals surface area contributed by atoms with E-state index in [1.807, 2.05) is 0 Å². The minimum Gasteiger partial charge on any atom is -0.462 e. The number of rotatable bonds is 7. The number of carbonyl (C=O) groups is 3. The molecule has 0 radical (unpaired) electrons. The minimum absolute atomic E-state index is 0.0917. The Morgan fingerprint density at radius 3 is 2.13 bits per heavy atom. The van der Waals surface area contributed by atoms with Crippen LogP contribution >= 0.6 is 0 Å². The van der Waals surface area contributed by atoms with Crippen molar-refractivity contribution in [2.75, 3.05) is 13.2 Å². The summed E-state index contributed by atoms with van der Waals surface area (Å²) in [4.78, 5) is 36.3. The summed E-state index contributed by atoms with van der Waals surface area (Å²) in [5, 5.41) is 13.5. The minimum atomic E-state index is -1.36. The first kappa shape index (κ1) is 26.1. The summed E-state index contributed by atoms with van der Waals surface area (Å²) in [7, 11) is 0. The first-order valence-corrected chi connectivity index (χ1v) is 9.90. The van der Waals surface area contributed by atoms with Crippen LogP contribution in [-0.2, 0) is 33.3 Å². The Bertz CT molecular complexity index is 634. The summed E-state index contributed by atoms with van der Waals surface area (Å²) < 4.78 is 22.3. The van der Waals surface area contributed by atoms with Gasteiger partial charge in [-0.25, -0.2) is 0 Å². The zero-order valence-electron chi connectivity index (χ0n) is 18.9. The maximum Gasteiger partial charge on any atom is 0.311 e. The fourth-order valence-corrected chi connectivity index (χ4v) is 2.57. The molecule has 0 saturated carbocycles. The van der Waals surface area contributed by atoms with Crippen LogP contribution in [0.15, 0.2) is 12.7 Å². The molecule has 1 aliphatic rings. The molecule has 5 atom stereocenters. The molecule has 0 unspecified atom stereocenters. The lowest BCUT2D eigenvalue weighted by molar-refractivity contribution is -0.274. The van der Waals surface area contributed by atoms with E-state index in [1.54, 1.807) is 41.5 Å². The van der Waals surface area contributed by atoms with Gasteiger partial charge in [0.2, 0.25) is 5.91 Å². The van der Waals surface area contributed by atoms with Gasteiger partial charge < -0.3 is 29.4 Å². The van der Waals surface area contributed by atoms with Crippen LogP contribution in [0.2, 0.25) is 0 Å². The normalized spacial score (nSPS) is 27.1. The Kier molecular flexibility index (Phi) is 9.01. The van der Waals surface area contributed by atoms with Gasteiger partial charge in [0, 0.05) is 6.92 Å². The molecule has 30 heavy (non-hydrogen) atoms. The molecule has 1 saturated heterocycles. The average molecular weight is 430 g/mol. The first-order valence-electron chi connectivity index (χ1n) is 9.90. The lowest BCUT2D eigenvalue weighted by atomic mass is 9.94. The van der Waals surface area contributed by atoms with Crippen LogP contribution in [0.5, 0.6) is 0 Å². The van der Waals surface area contributed by atoms with Crippen molar-refractivity contribution in [3.05, 3.63) is 12.7 Å². The predicted octanol–water partition coefficient (Wildman–Crippen LogP) is 1.33. The van der Waals surface area contributed by atoms with Crippen molar-refractivity contribution in [1.29, 1.82) is 0 Å². The van der Waals surface area contributed by atoms with Crippen molar-refractivity contribution in [3.8, 4) is 0 Å². The van der Waals surface area contributed by atoms with Crippen molar-refractivity contribution in [1.82, 2.24) is 5.32 Å². The van der Waals surface area contributed by atoms with Gasteiger partial charge in [-0.05, 0) is 41.5 Å². The van der Waals surface area contributed by atoms with E-state index in [9.17, 15) is 19.5 Å². The lowest BCUT2D eigenvalue weighted by Crippen LogP contribution is -2.66. The molecule has 1 fully saturated rings. The van der Waals surface area contributed by atoms with E-state index in [4.69, 9.17) is 18.9 Å². The second kappa shape index (κ2) is 10.4. The lowest BCUT2D eigenvalue weighted by Gasteiger charge is -2.44. The molecule has 0 aliphatic carbocycles. The summed E-state index contributed by atoms with van der Waals surface area (Å²) in [5.41, 5.74) is -1.59. The number of hydrogen-bond donors (Lipinski definition) is 2. The number of hydrogen-bond acceptors (Lipinski definition) is 8. The second-order valence-electron chi connectivity index (χ2n) is 9.35. The third-order valence-electron chi connectivity index (χ3n) is 4.27. The Hall–Kier alpha value is -1.97. The summed E-state index contributed by atoms with van der Waals surface area (Å²) in [6.45, 7) is 14.8. The highest BCUT2D eigenvalue weighted by molar-refractivity contribution is 5.76. The standard InChI is InChI=1S/C21H35NO8/c1-9-10-27-17-14(22-12(2)23)15(24)16(30-19(26)21(6,7)8)13(29-17)11-28-18(25)20(3,4)5/h9,13-17,24H,1,10-11H2,2-8H3,(H,22,23)/t13-,14-,15-,16+,17+/m1/s1. The van der Waals surface area contributed by atoms with E-state index in [-0.39, 0.29) is 13.2 Å². The van der Waals surface area contributed by atoms with Gasteiger partial charge >= 0.3 is 11.9 Å². The third kappa shape index (κ3) is 7.37. The van der Waals surface area contributed by atoms with Crippen LogP contribution in [0.4, 0.5) is 0 Å². The number of aliphatic hydroxyl groups is 1. The van der Waals surface area contributed by atoms with Gasteiger partial charge in [-0.2, -0.15) is 0 Å². The zero-order chi connectivity index (χ0) is 23.3. The largest absolute Gasteiger partial charge is 0.462 e. The molecule has 0 spiro atoms. The van der Waals surface area contributed by atoms with E-state index in [2.05, 4.69) is 11.9 Å². The van der Waals surface area contributed by atoms with Crippen molar-refractivity contribution >= 4 is 17.8 Å². The molecule has 1 aliphatic heterocycles. The monoisotopic (exact) mass is 429 g/mol. The molecule has 0 aromatic rings. The summed E-state index contributed by atoms with van der Waals surface area (Å²) in [6.07, 6.45) is -3.13. The van der Waals surface area contributed by atoms with Crippen molar-refractivity contribution < 1.29 is 38.4 Å². The number of carbonyl (C=O) groups excluding carboxylic acids is 3. The van der Waals surface area contributed by atoms with Crippen LogP contribution in [0.3, 0.4) is 0 Å². The van der Waals surface area contributed by atoms with Crippen molar-refractivity contribution in [2.45, 2.75) is 79.1 Å². The predicted molar refractivity (Wildman–Crippen MR) is 108 cm³/mol. The topological polar surface area (TPSA) is 120 Å². The Morgan fingerprint density at radius 2 is 1.67 bits per heavy atom. The van der Waals surface area contributed by atoms with E-state index < -0.39 is 59.3 Å². The Labute approximate surface area is 178 Å². The summed E-state index contributed by atoms with van der Waals surface area (Å²) in [6, 6.07) is -1.00. The molecule has 0 bridgehead atoms. The van der Waals surface area contributed by atoms with Crippen LogP contribution in [-0.4, -0.2) is 66.8 Å². The van der Waals surface area contributed by atoms with Crippen LogP contribution in [0, 0.1) is 10.8 Å². The molecule has 9 nitrogen and oxygen atoms in total. The SMILES string of the molecule is C=CCO[C@H]1O[C@H](COC(=O)C(C)(C)C)[C@H](OC(=O)C(C)(C)C)[C@H](O)[C@H]1NC(C)=O. The van der Waals surface area contributed by atoms with Gasteiger partial charge in [0.1, 0.15) is 24.9 Å². The molecular weight excluding hydrogens is 394 g/mol. The molecule has 172 valence electrons. The number of amides is 1. The molecule has 0 aromatic heterocycles. The van der Waals surface area contributed by atoms with Gasteiger partial charge in [0.15, 0.2) is 12.4 Å². The van der Waals surface area contributed by atoms with Crippen LogP contribution in [0.25, 0.3) is 0 Å². The van der Waals surface area contributed by atoms with E-state index in [1.165, 1.54) is 13.0 Å². The number of nitrogens with one attached hydrogen (secondary N) is 1. The van der Waals surface area contributed by atoms with Crippen LogP contribution in [0.1, 0.15) is 48.5 Å². The van der Waals surface area contributed by atoms with Gasteiger partial charge in [0.25, 0.3) is 0 Å². The zero-order valence-corrected chi connectivity index (χ0v) is 18.9. The highest BCUT2D eigenvalue weighted by atomic mass is 16.7. The maximum atomic E-state index is 12.5. The van der Waals surface area contributed by atoms with Gasteiger partial charge in [0.05, 0.1) is 17.4 Å². The average Bonchev–Trinajstić information content (AvgIpc) is 2.60. The van der Waals surface area contributed by atoms with Crippen molar-refractivity contribution in [3.63, 3.8) is 0 Å². The molecule has 2 N–H and O–H groups in total. The number of aliphatic hydroxyl groups excluding tert-OH is 1. The van der Waals surface area contributed by atoms with Gasteiger partial charge in [-0.15, -0.1) is 6.58 Å². The smallest absolute Gasteiger partial charge is 0.311 e. The fraction of sp³-hybridized carbons (Fsp3) is 0.762. The quantitative estimate of drug-likeness (QED) is 0.459.